The number of aromatic nitrogens is 3. The first-order valence-corrected chi connectivity index (χ1v) is 8.29. The highest BCUT2D eigenvalue weighted by atomic mass is 16.5. The lowest BCUT2D eigenvalue weighted by Crippen LogP contribution is -2.36. The number of amides is 2. The van der Waals surface area contributed by atoms with Crippen LogP contribution in [0.3, 0.4) is 0 Å². The second-order valence-corrected chi connectivity index (χ2v) is 5.66. The molecule has 0 aliphatic carbocycles. The van der Waals surface area contributed by atoms with Crippen molar-refractivity contribution in [2.24, 2.45) is 0 Å². The van der Waals surface area contributed by atoms with Crippen molar-refractivity contribution in [1.29, 1.82) is 0 Å². The van der Waals surface area contributed by atoms with Crippen molar-refractivity contribution in [2.75, 3.05) is 13.7 Å². The van der Waals surface area contributed by atoms with Gasteiger partial charge >= 0.3 is 0 Å². The first-order valence-electron chi connectivity index (χ1n) is 8.29. The fourth-order valence-corrected chi connectivity index (χ4v) is 2.33. The molecule has 0 saturated carbocycles. The van der Waals surface area contributed by atoms with Gasteiger partial charge in [-0.1, -0.05) is 12.1 Å². The zero-order chi connectivity index (χ0) is 19.1. The number of benzene rings is 1. The quantitative estimate of drug-likeness (QED) is 0.658. The molecule has 8 nitrogen and oxygen atoms in total. The van der Waals surface area contributed by atoms with Crippen molar-refractivity contribution in [3.63, 3.8) is 0 Å². The van der Waals surface area contributed by atoms with Gasteiger partial charge in [0.1, 0.15) is 5.75 Å². The molecule has 0 aliphatic rings. The van der Waals surface area contributed by atoms with E-state index in [9.17, 15) is 9.59 Å². The summed E-state index contributed by atoms with van der Waals surface area (Å²) in [5.41, 5.74) is 1.31. The highest BCUT2D eigenvalue weighted by Crippen LogP contribution is 2.10. The van der Waals surface area contributed by atoms with Crippen molar-refractivity contribution in [3.8, 4) is 11.6 Å². The normalized spacial score (nSPS) is 10.3. The standard InChI is InChI=1S/C19H19N5O3/c1-27-16-6-3-14(4-7-16)11-21-18(25)13-22-19(26)15-5-8-17(20-12-15)24-10-2-9-23-24/h2-10,12H,11,13H2,1H3,(H,21,25)(H,22,26). The molecule has 3 rings (SSSR count). The number of pyridine rings is 1. The van der Waals surface area contributed by atoms with E-state index in [1.807, 2.05) is 24.3 Å². The highest BCUT2D eigenvalue weighted by molar-refractivity contribution is 5.96. The van der Waals surface area contributed by atoms with Crippen LogP contribution < -0.4 is 15.4 Å². The molecule has 0 saturated heterocycles. The minimum Gasteiger partial charge on any atom is -0.497 e. The van der Waals surface area contributed by atoms with E-state index in [-0.39, 0.29) is 18.4 Å². The van der Waals surface area contributed by atoms with Crippen molar-refractivity contribution >= 4 is 11.8 Å². The van der Waals surface area contributed by atoms with Crippen LogP contribution in [0.5, 0.6) is 5.75 Å². The molecule has 1 aromatic carbocycles. The predicted molar refractivity (Wildman–Crippen MR) is 98.5 cm³/mol. The molecule has 0 aliphatic heterocycles. The van der Waals surface area contributed by atoms with Crippen LogP contribution in [0.15, 0.2) is 61.1 Å². The van der Waals surface area contributed by atoms with E-state index in [1.54, 1.807) is 42.4 Å². The van der Waals surface area contributed by atoms with Gasteiger partial charge in [0.25, 0.3) is 5.91 Å². The Labute approximate surface area is 156 Å². The number of carbonyl (C=O) groups excluding carboxylic acids is 2. The first-order chi connectivity index (χ1) is 13.2. The molecule has 2 amide bonds. The third kappa shape index (κ3) is 4.91. The molecule has 3 aromatic rings. The topological polar surface area (TPSA) is 98.1 Å². The molecule has 0 spiro atoms. The van der Waals surface area contributed by atoms with Crippen LogP contribution in [-0.4, -0.2) is 40.2 Å². The molecule has 2 N–H and O–H groups in total. The summed E-state index contributed by atoms with van der Waals surface area (Å²) in [5, 5.41) is 9.39. The largest absolute Gasteiger partial charge is 0.497 e. The number of ether oxygens (including phenoxy) is 1. The third-order valence-electron chi connectivity index (χ3n) is 3.81. The van der Waals surface area contributed by atoms with Crippen LogP contribution in [0.4, 0.5) is 0 Å². The zero-order valence-corrected chi connectivity index (χ0v) is 14.8. The Morgan fingerprint density at radius 1 is 1.11 bits per heavy atom. The Morgan fingerprint density at radius 3 is 2.56 bits per heavy atom. The lowest BCUT2D eigenvalue weighted by atomic mass is 10.2. The molecule has 138 valence electrons. The summed E-state index contributed by atoms with van der Waals surface area (Å²) < 4.78 is 6.68. The van der Waals surface area contributed by atoms with Crippen molar-refractivity contribution in [3.05, 3.63) is 72.2 Å². The van der Waals surface area contributed by atoms with E-state index in [0.29, 0.717) is 17.9 Å². The number of carbonyl (C=O) groups is 2. The van der Waals surface area contributed by atoms with Gasteiger partial charge in [-0.15, -0.1) is 0 Å². The van der Waals surface area contributed by atoms with Gasteiger partial charge in [-0.25, -0.2) is 9.67 Å². The first kappa shape index (κ1) is 18.1. The van der Waals surface area contributed by atoms with Crippen molar-refractivity contribution in [1.82, 2.24) is 25.4 Å². The molecule has 0 atom stereocenters. The van der Waals surface area contributed by atoms with Crippen LogP contribution in [0.25, 0.3) is 5.82 Å². The minimum atomic E-state index is -0.367. The monoisotopic (exact) mass is 365 g/mol. The van der Waals surface area contributed by atoms with Crippen LogP contribution in [0.2, 0.25) is 0 Å². The molecular formula is C19H19N5O3. The Kier molecular flexibility index (Phi) is 5.78. The van der Waals surface area contributed by atoms with Gasteiger partial charge < -0.3 is 15.4 Å². The maximum atomic E-state index is 12.1. The van der Waals surface area contributed by atoms with Gasteiger partial charge in [-0.3, -0.25) is 9.59 Å². The average Bonchev–Trinajstić information content (AvgIpc) is 3.26. The number of methoxy groups -OCH3 is 1. The van der Waals surface area contributed by atoms with Gasteiger partial charge in [0, 0.05) is 25.1 Å². The van der Waals surface area contributed by atoms with Gasteiger partial charge in [0.05, 0.1) is 19.2 Å². The maximum Gasteiger partial charge on any atom is 0.253 e. The predicted octanol–water partition coefficient (Wildman–Crippen LogP) is 1.32. The van der Waals surface area contributed by atoms with E-state index < -0.39 is 0 Å². The fraction of sp³-hybridized carbons (Fsp3) is 0.158. The number of rotatable bonds is 7. The van der Waals surface area contributed by atoms with Crippen molar-refractivity contribution in [2.45, 2.75) is 6.54 Å². The summed E-state index contributed by atoms with van der Waals surface area (Å²) in [7, 11) is 1.60. The number of hydrogen-bond acceptors (Lipinski definition) is 5. The summed E-state index contributed by atoms with van der Waals surface area (Å²) in [4.78, 5) is 28.2. The van der Waals surface area contributed by atoms with Gasteiger partial charge in [-0.2, -0.15) is 5.10 Å². The molecule has 0 unspecified atom stereocenters. The number of nitrogens with zero attached hydrogens (tertiary/aromatic N) is 3. The Bertz CT molecular complexity index is 890. The molecule has 8 heteroatoms. The molecular weight excluding hydrogens is 346 g/mol. The van der Waals surface area contributed by atoms with Gasteiger partial charge in [0.15, 0.2) is 5.82 Å². The minimum absolute atomic E-state index is 0.115. The number of nitrogens with one attached hydrogen (secondary N) is 2. The summed E-state index contributed by atoms with van der Waals surface area (Å²) in [6, 6.07) is 12.5. The summed E-state index contributed by atoms with van der Waals surface area (Å²) in [5.74, 6) is 0.715. The van der Waals surface area contributed by atoms with E-state index in [4.69, 9.17) is 4.74 Å². The lowest BCUT2D eigenvalue weighted by Gasteiger charge is -2.08. The smallest absolute Gasteiger partial charge is 0.253 e. The Balaban J connectivity index is 1.45. The summed E-state index contributed by atoms with van der Waals surface area (Å²) >= 11 is 0. The zero-order valence-electron chi connectivity index (χ0n) is 14.8. The highest BCUT2D eigenvalue weighted by Gasteiger charge is 2.09. The van der Waals surface area contributed by atoms with E-state index in [2.05, 4.69) is 20.7 Å². The van der Waals surface area contributed by atoms with E-state index in [1.165, 1.54) is 6.20 Å². The van der Waals surface area contributed by atoms with Crippen LogP contribution in [0.1, 0.15) is 15.9 Å². The lowest BCUT2D eigenvalue weighted by molar-refractivity contribution is -0.120. The van der Waals surface area contributed by atoms with Gasteiger partial charge in [0.2, 0.25) is 5.91 Å². The van der Waals surface area contributed by atoms with Crippen LogP contribution in [0, 0.1) is 0 Å². The molecule has 0 bridgehead atoms. The molecule has 2 heterocycles. The van der Waals surface area contributed by atoms with E-state index in [0.717, 1.165) is 11.3 Å². The SMILES string of the molecule is COc1ccc(CNC(=O)CNC(=O)c2ccc(-n3cccn3)nc2)cc1. The number of hydrogen-bond donors (Lipinski definition) is 2. The molecule has 0 fully saturated rings. The molecule has 2 aromatic heterocycles. The Hall–Kier alpha value is -3.68. The third-order valence-corrected chi connectivity index (χ3v) is 3.81. The van der Waals surface area contributed by atoms with Gasteiger partial charge in [-0.05, 0) is 35.9 Å². The summed E-state index contributed by atoms with van der Waals surface area (Å²) in [6.45, 7) is 0.259. The average molecular weight is 365 g/mol. The maximum absolute atomic E-state index is 12.1. The summed E-state index contributed by atoms with van der Waals surface area (Å²) in [6.07, 6.45) is 4.85. The van der Waals surface area contributed by atoms with Crippen LogP contribution in [-0.2, 0) is 11.3 Å². The Morgan fingerprint density at radius 2 is 1.93 bits per heavy atom. The molecule has 27 heavy (non-hydrogen) atoms. The molecule has 0 radical (unpaired) electrons. The van der Waals surface area contributed by atoms with Crippen LogP contribution >= 0.6 is 0 Å². The van der Waals surface area contributed by atoms with E-state index >= 15 is 0 Å². The second kappa shape index (κ2) is 8.61. The second-order valence-electron chi connectivity index (χ2n) is 5.66. The van der Waals surface area contributed by atoms with Crippen molar-refractivity contribution < 1.29 is 14.3 Å². The fourth-order valence-electron chi connectivity index (χ4n) is 2.33.